The van der Waals surface area contributed by atoms with Gasteiger partial charge in [-0.2, -0.15) is 5.10 Å². The van der Waals surface area contributed by atoms with Crippen LogP contribution in [0.15, 0.2) is 53.6 Å². The molecule has 0 atom stereocenters. The van der Waals surface area contributed by atoms with Crippen LogP contribution < -0.4 is 5.43 Å². The van der Waals surface area contributed by atoms with Gasteiger partial charge in [-0.15, -0.1) is 0 Å². The van der Waals surface area contributed by atoms with Crippen molar-refractivity contribution in [2.24, 2.45) is 5.10 Å². The SMILES string of the molecule is O=[N+]([O-])c1ccc(N/N=C\c2ccccc2[N+](=O)[O-])cc1. The van der Waals surface area contributed by atoms with E-state index < -0.39 is 9.85 Å². The smallest absolute Gasteiger partial charge is 0.278 e. The van der Waals surface area contributed by atoms with Crippen molar-refractivity contribution in [3.05, 3.63) is 74.3 Å². The molecule has 2 aromatic carbocycles. The number of nitrogens with one attached hydrogen (secondary N) is 1. The number of rotatable bonds is 5. The van der Waals surface area contributed by atoms with Gasteiger partial charge in [0.25, 0.3) is 11.4 Å². The van der Waals surface area contributed by atoms with E-state index in [-0.39, 0.29) is 11.4 Å². The van der Waals surface area contributed by atoms with E-state index in [9.17, 15) is 20.2 Å². The Morgan fingerprint density at radius 3 is 2.24 bits per heavy atom. The zero-order valence-electron chi connectivity index (χ0n) is 10.7. The molecule has 0 aromatic heterocycles. The maximum absolute atomic E-state index is 10.8. The fourth-order valence-corrected chi connectivity index (χ4v) is 1.60. The molecule has 8 nitrogen and oxygen atoms in total. The minimum atomic E-state index is -0.500. The summed E-state index contributed by atoms with van der Waals surface area (Å²) < 4.78 is 0. The standard InChI is InChI=1S/C13H10N4O4/c18-16(19)12-7-5-11(6-8-12)15-14-9-10-3-1-2-4-13(10)17(20)21/h1-9,15H/b14-9-. The van der Waals surface area contributed by atoms with Crippen LogP contribution in [0.5, 0.6) is 0 Å². The lowest BCUT2D eigenvalue weighted by molar-refractivity contribution is -0.385. The lowest BCUT2D eigenvalue weighted by atomic mass is 10.2. The second-order valence-electron chi connectivity index (χ2n) is 3.99. The lowest BCUT2D eigenvalue weighted by Gasteiger charge is -2.00. The van der Waals surface area contributed by atoms with E-state index >= 15 is 0 Å². The number of benzene rings is 2. The molecule has 1 N–H and O–H groups in total. The highest BCUT2D eigenvalue weighted by atomic mass is 16.6. The van der Waals surface area contributed by atoms with Crippen LogP contribution >= 0.6 is 0 Å². The Kier molecular flexibility index (Phi) is 4.20. The average molecular weight is 286 g/mol. The highest BCUT2D eigenvalue weighted by Gasteiger charge is 2.09. The van der Waals surface area contributed by atoms with Gasteiger partial charge in [-0.25, -0.2) is 0 Å². The Hall–Kier alpha value is -3.29. The summed E-state index contributed by atoms with van der Waals surface area (Å²) in [5, 5.41) is 25.2. The molecule has 0 bridgehead atoms. The van der Waals surface area contributed by atoms with Crippen molar-refractivity contribution in [2.75, 3.05) is 5.43 Å². The molecule has 0 saturated carbocycles. The fourth-order valence-electron chi connectivity index (χ4n) is 1.60. The third-order valence-electron chi connectivity index (χ3n) is 2.61. The first-order valence-electron chi connectivity index (χ1n) is 5.85. The van der Waals surface area contributed by atoms with Crippen LogP contribution in [-0.2, 0) is 0 Å². The molecule has 0 heterocycles. The summed E-state index contributed by atoms with van der Waals surface area (Å²) >= 11 is 0. The number of hydrogen-bond donors (Lipinski definition) is 1. The van der Waals surface area contributed by atoms with Crippen LogP contribution in [0.1, 0.15) is 5.56 Å². The molecule has 0 saturated heterocycles. The van der Waals surface area contributed by atoms with Gasteiger partial charge in [0, 0.05) is 18.2 Å². The fraction of sp³-hybridized carbons (Fsp3) is 0. The van der Waals surface area contributed by atoms with Crippen molar-refractivity contribution in [3.8, 4) is 0 Å². The molecule has 2 aromatic rings. The summed E-state index contributed by atoms with van der Waals surface area (Å²) in [4.78, 5) is 20.3. The highest BCUT2D eigenvalue weighted by Crippen LogP contribution is 2.17. The predicted octanol–water partition coefficient (Wildman–Crippen LogP) is 2.95. The summed E-state index contributed by atoms with van der Waals surface area (Å²) in [6.07, 6.45) is 1.32. The lowest BCUT2D eigenvalue weighted by Crippen LogP contribution is -1.96. The van der Waals surface area contributed by atoms with Gasteiger partial charge in [0.05, 0.1) is 27.3 Å². The molecule has 0 aliphatic rings. The molecular formula is C13H10N4O4. The van der Waals surface area contributed by atoms with E-state index in [2.05, 4.69) is 10.5 Å². The number of non-ortho nitro benzene ring substituents is 1. The van der Waals surface area contributed by atoms with Crippen molar-refractivity contribution in [1.29, 1.82) is 0 Å². The molecule has 2 rings (SSSR count). The van der Waals surface area contributed by atoms with Gasteiger partial charge in [-0.3, -0.25) is 25.7 Å². The summed E-state index contributed by atoms with van der Waals surface area (Å²) in [7, 11) is 0. The van der Waals surface area contributed by atoms with Gasteiger partial charge < -0.3 is 0 Å². The number of anilines is 1. The molecule has 0 aliphatic heterocycles. The maximum atomic E-state index is 10.8. The molecule has 0 unspecified atom stereocenters. The molecule has 0 amide bonds. The van der Waals surface area contributed by atoms with Gasteiger partial charge in [-0.05, 0) is 18.2 Å². The first kappa shape index (κ1) is 14.1. The van der Waals surface area contributed by atoms with Gasteiger partial charge in [-0.1, -0.05) is 12.1 Å². The van der Waals surface area contributed by atoms with E-state index in [4.69, 9.17) is 0 Å². The molecule has 0 spiro atoms. The molecule has 0 radical (unpaired) electrons. The number of nitro benzene ring substituents is 2. The van der Waals surface area contributed by atoms with Crippen molar-refractivity contribution in [1.82, 2.24) is 0 Å². The van der Waals surface area contributed by atoms with Crippen molar-refractivity contribution in [3.63, 3.8) is 0 Å². The summed E-state index contributed by atoms with van der Waals surface area (Å²) in [5.74, 6) is 0. The minimum Gasteiger partial charge on any atom is -0.278 e. The zero-order chi connectivity index (χ0) is 15.2. The number of nitro groups is 2. The Morgan fingerprint density at radius 1 is 0.952 bits per heavy atom. The van der Waals surface area contributed by atoms with Crippen LogP contribution in [0.4, 0.5) is 17.1 Å². The number of para-hydroxylation sites is 1. The second kappa shape index (κ2) is 6.24. The summed E-state index contributed by atoms with van der Waals surface area (Å²) in [6.45, 7) is 0. The van der Waals surface area contributed by atoms with Crippen LogP contribution in [0.25, 0.3) is 0 Å². The van der Waals surface area contributed by atoms with Crippen molar-refractivity contribution in [2.45, 2.75) is 0 Å². The van der Waals surface area contributed by atoms with Gasteiger partial charge in [0.1, 0.15) is 0 Å². The molecule has 0 fully saturated rings. The molecule has 0 aliphatic carbocycles. The highest BCUT2D eigenvalue weighted by molar-refractivity contribution is 5.85. The Morgan fingerprint density at radius 2 is 1.62 bits per heavy atom. The Bertz CT molecular complexity index is 698. The van der Waals surface area contributed by atoms with Crippen molar-refractivity contribution >= 4 is 23.3 Å². The molecular weight excluding hydrogens is 276 g/mol. The number of hydrazone groups is 1. The Labute approximate surface area is 119 Å². The largest absolute Gasteiger partial charge is 0.278 e. The molecule has 106 valence electrons. The number of nitrogens with zero attached hydrogens (tertiary/aromatic N) is 3. The predicted molar refractivity (Wildman–Crippen MR) is 77.4 cm³/mol. The van der Waals surface area contributed by atoms with Gasteiger partial charge in [0.15, 0.2) is 0 Å². The summed E-state index contributed by atoms with van der Waals surface area (Å²) in [6, 6.07) is 11.8. The van der Waals surface area contributed by atoms with Crippen LogP contribution in [-0.4, -0.2) is 16.1 Å². The van der Waals surface area contributed by atoms with Gasteiger partial charge in [0.2, 0.25) is 0 Å². The third kappa shape index (κ3) is 3.60. The maximum Gasteiger partial charge on any atom is 0.278 e. The molecule has 21 heavy (non-hydrogen) atoms. The quantitative estimate of drug-likeness (QED) is 0.516. The van der Waals surface area contributed by atoms with E-state index in [1.165, 1.54) is 36.5 Å². The third-order valence-corrected chi connectivity index (χ3v) is 2.61. The van der Waals surface area contributed by atoms with E-state index in [1.807, 2.05) is 0 Å². The van der Waals surface area contributed by atoms with Crippen LogP contribution in [0.2, 0.25) is 0 Å². The van der Waals surface area contributed by atoms with E-state index in [1.54, 1.807) is 18.2 Å². The monoisotopic (exact) mass is 286 g/mol. The summed E-state index contributed by atoms with van der Waals surface area (Å²) in [5.41, 5.74) is 3.47. The van der Waals surface area contributed by atoms with Gasteiger partial charge >= 0.3 is 0 Å². The zero-order valence-corrected chi connectivity index (χ0v) is 10.7. The topological polar surface area (TPSA) is 111 Å². The van der Waals surface area contributed by atoms with E-state index in [0.717, 1.165) is 0 Å². The first-order chi connectivity index (χ1) is 10.1. The van der Waals surface area contributed by atoms with Crippen LogP contribution in [0.3, 0.4) is 0 Å². The van der Waals surface area contributed by atoms with Crippen molar-refractivity contribution < 1.29 is 9.85 Å². The average Bonchev–Trinajstić information content (AvgIpc) is 2.48. The minimum absolute atomic E-state index is 0.0248. The molecule has 8 heteroatoms. The Balaban J connectivity index is 2.09. The van der Waals surface area contributed by atoms with E-state index in [0.29, 0.717) is 11.3 Å². The second-order valence-corrected chi connectivity index (χ2v) is 3.99. The number of hydrogen-bond acceptors (Lipinski definition) is 6. The normalized spacial score (nSPS) is 10.5. The first-order valence-corrected chi connectivity index (χ1v) is 5.85. The van der Waals surface area contributed by atoms with Crippen LogP contribution in [0, 0.1) is 20.2 Å².